The van der Waals surface area contributed by atoms with Gasteiger partial charge in [-0.2, -0.15) is 0 Å². The monoisotopic (exact) mass is 303 g/mol. The van der Waals surface area contributed by atoms with E-state index in [2.05, 4.69) is 10.3 Å². The molecule has 0 aliphatic carbocycles. The Morgan fingerprint density at radius 1 is 1.14 bits per heavy atom. The van der Waals surface area contributed by atoms with Crippen LogP contribution in [0.25, 0.3) is 0 Å². The molecule has 0 radical (unpaired) electrons. The van der Waals surface area contributed by atoms with Gasteiger partial charge in [-0.05, 0) is 30.9 Å². The molecule has 1 saturated heterocycles. The number of pyridine rings is 1. The van der Waals surface area contributed by atoms with Crippen molar-refractivity contribution in [2.45, 2.75) is 39.5 Å². The molecule has 0 atom stereocenters. The Morgan fingerprint density at radius 3 is 2.41 bits per heavy atom. The normalized spacial score (nSPS) is 15.5. The lowest BCUT2D eigenvalue weighted by atomic mass is 10.2. The van der Waals surface area contributed by atoms with Crippen molar-refractivity contribution in [2.24, 2.45) is 5.92 Å². The van der Waals surface area contributed by atoms with Gasteiger partial charge in [0.25, 0.3) is 11.8 Å². The maximum atomic E-state index is 12.5. The maximum Gasteiger partial charge on any atom is 0.272 e. The minimum Gasteiger partial charge on any atom is -0.350 e. The average molecular weight is 303 g/mol. The van der Waals surface area contributed by atoms with Gasteiger partial charge in [-0.1, -0.05) is 32.8 Å². The Morgan fingerprint density at radius 2 is 1.77 bits per heavy atom. The number of carbonyl (C=O) groups is 2. The summed E-state index contributed by atoms with van der Waals surface area (Å²) in [5.74, 6) is 0.0884. The van der Waals surface area contributed by atoms with Crippen LogP contribution >= 0.6 is 0 Å². The van der Waals surface area contributed by atoms with E-state index in [-0.39, 0.29) is 11.8 Å². The minimum atomic E-state index is -0.223. The highest BCUT2D eigenvalue weighted by molar-refractivity contribution is 5.96. The number of carbonyl (C=O) groups excluding carboxylic acids is 2. The lowest BCUT2D eigenvalue weighted by molar-refractivity contribution is 0.0755. The summed E-state index contributed by atoms with van der Waals surface area (Å²) in [6, 6.07) is 5.06. The van der Waals surface area contributed by atoms with E-state index in [9.17, 15) is 9.59 Å². The molecular weight excluding hydrogens is 278 g/mol. The summed E-state index contributed by atoms with van der Waals surface area (Å²) in [5.41, 5.74) is 0.667. The molecule has 5 nitrogen and oxygen atoms in total. The van der Waals surface area contributed by atoms with Crippen molar-refractivity contribution in [1.29, 1.82) is 0 Å². The van der Waals surface area contributed by atoms with E-state index in [0.29, 0.717) is 23.9 Å². The SMILES string of the molecule is CC(C)CNC(=O)c1cccc(C(=O)N2CCCCCC2)n1. The number of rotatable bonds is 4. The molecule has 1 aromatic rings. The van der Waals surface area contributed by atoms with Crippen molar-refractivity contribution in [1.82, 2.24) is 15.2 Å². The molecule has 1 fully saturated rings. The zero-order valence-electron chi connectivity index (χ0n) is 13.5. The minimum absolute atomic E-state index is 0.0691. The van der Waals surface area contributed by atoms with Crippen LogP contribution < -0.4 is 5.32 Å². The van der Waals surface area contributed by atoms with Gasteiger partial charge in [0.1, 0.15) is 11.4 Å². The second-order valence-electron chi connectivity index (χ2n) is 6.22. The number of nitrogens with one attached hydrogen (secondary N) is 1. The number of hydrogen-bond acceptors (Lipinski definition) is 3. The molecule has 1 aromatic heterocycles. The standard InChI is InChI=1S/C17H25N3O2/c1-13(2)12-18-16(21)14-8-7-9-15(19-14)17(22)20-10-5-3-4-6-11-20/h7-9,13H,3-6,10-12H2,1-2H3,(H,18,21). The van der Waals surface area contributed by atoms with Crippen molar-refractivity contribution in [3.05, 3.63) is 29.6 Å². The van der Waals surface area contributed by atoms with Crippen molar-refractivity contribution in [2.75, 3.05) is 19.6 Å². The zero-order chi connectivity index (χ0) is 15.9. The predicted octanol–water partition coefficient (Wildman–Crippen LogP) is 2.48. The Balaban J connectivity index is 2.06. The van der Waals surface area contributed by atoms with Gasteiger partial charge < -0.3 is 10.2 Å². The third-order valence-electron chi connectivity index (χ3n) is 3.76. The zero-order valence-corrected chi connectivity index (χ0v) is 13.5. The third kappa shape index (κ3) is 4.55. The van der Waals surface area contributed by atoms with Gasteiger partial charge in [0.05, 0.1) is 0 Å². The van der Waals surface area contributed by atoms with Gasteiger partial charge in [-0.3, -0.25) is 9.59 Å². The smallest absolute Gasteiger partial charge is 0.272 e. The molecule has 2 amide bonds. The highest BCUT2D eigenvalue weighted by atomic mass is 16.2. The molecular formula is C17H25N3O2. The van der Waals surface area contributed by atoms with E-state index < -0.39 is 0 Å². The van der Waals surface area contributed by atoms with Crippen LogP contribution in [-0.4, -0.2) is 41.3 Å². The molecule has 1 aliphatic rings. The predicted molar refractivity (Wildman–Crippen MR) is 85.8 cm³/mol. The van der Waals surface area contributed by atoms with E-state index in [0.717, 1.165) is 25.9 Å². The van der Waals surface area contributed by atoms with Crippen LogP contribution in [0.3, 0.4) is 0 Å². The van der Waals surface area contributed by atoms with Crippen molar-refractivity contribution in [3.8, 4) is 0 Å². The largest absolute Gasteiger partial charge is 0.350 e. The summed E-state index contributed by atoms with van der Waals surface area (Å²) in [5, 5.41) is 2.83. The quantitative estimate of drug-likeness (QED) is 0.929. The van der Waals surface area contributed by atoms with E-state index >= 15 is 0 Å². The summed E-state index contributed by atoms with van der Waals surface area (Å²) in [7, 11) is 0. The summed E-state index contributed by atoms with van der Waals surface area (Å²) in [6.07, 6.45) is 4.43. The topological polar surface area (TPSA) is 62.3 Å². The van der Waals surface area contributed by atoms with Crippen LogP contribution in [0.1, 0.15) is 60.5 Å². The molecule has 2 rings (SSSR count). The number of aromatic nitrogens is 1. The number of hydrogen-bond donors (Lipinski definition) is 1. The molecule has 5 heteroatoms. The Hall–Kier alpha value is -1.91. The van der Waals surface area contributed by atoms with Crippen LogP contribution in [0, 0.1) is 5.92 Å². The summed E-state index contributed by atoms with van der Waals surface area (Å²) >= 11 is 0. The Labute approximate surface area is 132 Å². The van der Waals surface area contributed by atoms with Gasteiger partial charge in [0, 0.05) is 19.6 Å². The van der Waals surface area contributed by atoms with E-state index in [4.69, 9.17) is 0 Å². The Bertz CT molecular complexity index is 520. The summed E-state index contributed by atoms with van der Waals surface area (Å²) in [4.78, 5) is 30.7. The molecule has 0 bridgehead atoms. The van der Waals surface area contributed by atoms with Gasteiger partial charge in [0.2, 0.25) is 0 Å². The van der Waals surface area contributed by atoms with Crippen LogP contribution in [0.2, 0.25) is 0 Å². The molecule has 1 aliphatic heterocycles. The first kappa shape index (κ1) is 16.5. The molecule has 2 heterocycles. The number of amides is 2. The van der Waals surface area contributed by atoms with Crippen LogP contribution in [0.15, 0.2) is 18.2 Å². The van der Waals surface area contributed by atoms with E-state index in [1.165, 1.54) is 12.8 Å². The van der Waals surface area contributed by atoms with E-state index in [1.807, 2.05) is 18.7 Å². The lowest BCUT2D eigenvalue weighted by Crippen LogP contribution is -2.33. The Kier molecular flexibility index (Phi) is 5.92. The second-order valence-corrected chi connectivity index (χ2v) is 6.22. The first-order valence-electron chi connectivity index (χ1n) is 8.12. The van der Waals surface area contributed by atoms with Crippen molar-refractivity contribution < 1.29 is 9.59 Å². The number of nitrogens with zero attached hydrogens (tertiary/aromatic N) is 2. The van der Waals surface area contributed by atoms with Gasteiger partial charge in [0.15, 0.2) is 0 Å². The summed E-state index contributed by atoms with van der Waals surface area (Å²) < 4.78 is 0. The summed E-state index contributed by atoms with van der Waals surface area (Å²) in [6.45, 7) is 6.24. The van der Waals surface area contributed by atoms with Crippen molar-refractivity contribution >= 4 is 11.8 Å². The lowest BCUT2D eigenvalue weighted by Gasteiger charge is -2.19. The molecule has 0 saturated carbocycles. The molecule has 1 N–H and O–H groups in total. The highest BCUT2D eigenvalue weighted by Crippen LogP contribution is 2.12. The van der Waals surface area contributed by atoms with E-state index in [1.54, 1.807) is 18.2 Å². The van der Waals surface area contributed by atoms with Gasteiger partial charge >= 0.3 is 0 Å². The first-order valence-corrected chi connectivity index (χ1v) is 8.12. The molecule has 120 valence electrons. The number of likely N-dealkylation sites (tertiary alicyclic amines) is 1. The van der Waals surface area contributed by atoms with Crippen LogP contribution in [0.5, 0.6) is 0 Å². The van der Waals surface area contributed by atoms with Crippen molar-refractivity contribution in [3.63, 3.8) is 0 Å². The molecule has 0 spiro atoms. The molecule has 0 aromatic carbocycles. The van der Waals surface area contributed by atoms with Gasteiger partial charge in [-0.25, -0.2) is 4.98 Å². The van der Waals surface area contributed by atoms with Crippen LogP contribution in [0.4, 0.5) is 0 Å². The maximum absolute atomic E-state index is 12.5. The fourth-order valence-electron chi connectivity index (χ4n) is 2.50. The highest BCUT2D eigenvalue weighted by Gasteiger charge is 2.19. The molecule has 0 unspecified atom stereocenters. The fraction of sp³-hybridized carbons (Fsp3) is 0.588. The second kappa shape index (κ2) is 7.92. The fourth-order valence-corrected chi connectivity index (χ4v) is 2.50. The van der Waals surface area contributed by atoms with Gasteiger partial charge in [-0.15, -0.1) is 0 Å². The first-order chi connectivity index (χ1) is 10.6. The van der Waals surface area contributed by atoms with Crippen LogP contribution in [-0.2, 0) is 0 Å². The third-order valence-corrected chi connectivity index (χ3v) is 3.76. The average Bonchev–Trinajstić information content (AvgIpc) is 2.81. The molecule has 22 heavy (non-hydrogen) atoms.